The van der Waals surface area contributed by atoms with Crippen molar-refractivity contribution < 1.29 is 30.5 Å². The molecule has 0 amide bonds. The number of para-hydroxylation sites is 1. The Balaban J connectivity index is 1.27. The zero-order valence-electron chi connectivity index (χ0n) is 46.4. The van der Waals surface area contributed by atoms with Gasteiger partial charge in [0.1, 0.15) is 11.2 Å². The van der Waals surface area contributed by atoms with Crippen LogP contribution < -0.4 is 0 Å². The van der Waals surface area contributed by atoms with Crippen molar-refractivity contribution in [3.8, 4) is 44.5 Å². The number of furan rings is 1. The number of fused-ring (bicyclic) bond motifs is 7. The predicted molar refractivity (Wildman–Crippen MR) is 225 cm³/mol. The first kappa shape index (κ1) is 16.6. The largest absolute Gasteiger partial charge is 0.455 e. The molecule has 246 valence electrons. The van der Waals surface area contributed by atoms with E-state index in [0.29, 0.717) is 11.0 Å². The van der Waals surface area contributed by atoms with Crippen LogP contribution in [0.2, 0.25) is 0 Å². The molecular weight excluding hydrogens is 641 g/mol. The zero-order valence-corrected chi connectivity index (χ0v) is 27.4. The molecule has 53 heavy (non-hydrogen) atoms. The maximum atomic E-state index is 9.82. The third-order valence-corrected chi connectivity index (χ3v) is 9.62. The highest BCUT2D eigenvalue weighted by Gasteiger charge is 2.19. The van der Waals surface area contributed by atoms with Gasteiger partial charge in [0, 0.05) is 16.3 Å². The lowest BCUT2D eigenvalue weighted by Gasteiger charge is -2.18. The molecule has 11 aromatic rings. The summed E-state index contributed by atoms with van der Waals surface area (Å²) >= 11 is 0. The van der Waals surface area contributed by atoms with Gasteiger partial charge in [0.05, 0.1) is 26.0 Å². The molecule has 0 N–H and O–H groups in total. The minimum Gasteiger partial charge on any atom is -0.455 e. The Hall–Kier alpha value is -6.96. The normalized spacial score (nSPS) is 16.8. The average molecular weight is 692 g/mol. The summed E-state index contributed by atoms with van der Waals surface area (Å²) < 4.78 is 180. The molecule has 0 radical (unpaired) electrons. The topological polar surface area (TPSA) is 13.1 Å². The Morgan fingerprint density at radius 1 is 0.358 bits per heavy atom. The van der Waals surface area contributed by atoms with Gasteiger partial charge >= 0.3 is 0 Å². The van der Waals surface area contributed by atoms with E-state index in [1.165, 1.54) is 0 Å². The summed E-state index contributed by atoms with van der Waals surface area (Å²) in [5, 5.41) is 0.181. The molecule has 10 aromatic carbocycles. The first-order valence-electron chi connectivity index (χ1n) is 26.2. The second kappa shape index (κ2) is 11.8. The van der Waals surface area contributed by atoms with Crippen molar-refractivity contribution in [1.82, 2.24) is 0 Å². The molecule has 11 rings (SSSR count). The van der Waals surface area contributed by atoms with E-state index < -0.39 is 169 Å². The first-order valence-corrected chi connectivity index (χ1v) is 16.7. The van der Waals surface area contributed by atoms with Crippen LogP contribution in [0.1, 0.15) is 26.0 Å². The fourth-order valence-corrected chi connectivity index (χ4v) is 7.36. The van der Waals surface area contributed by atoms with Crippen LogP contribution in [0.25, 0.3) is 110 Å². The predicted octanol–water partition coefficient (Wildman–Crippen LogP) is 14.9. The van der Waals surface area contributed by atoms with Gasteiger partial charge in [-0.3, -0.25) is 0 Å². The molecule has 0 spiro atoms. The van der Waals surface area contributed by atoms with E-state index in [1.54, 1.807) is 18.2 Å². The minimum absolute atomic E-state index is 0.147. The van der Waals surface area contributed by atoms with Gasteiger partial charge in [-0.05, 0) is 100 Å². The summed E-state index contributed by atoms with van der Waals surface area (Å²) in [5.74, 6) is 0. The molecule has 1 heterocycles. The summed E-state index contributed by atoms with van der Waals surface area (Å²) in [6, 6.07) is 9.40. The summed E-state index contributed by atoms with van der Waals surface area (Å²) in [7, 11) is 0. The molecule has 1 nitrogen and oxygen atoms in total. The van der Waals surface area contributed by atoms with E-state index in [-0.39, 0.29) is 16.7 Å². The van der Waals surface area contributed by atoms with Crippen molar-refractivity contribution in [2.75, 3.05) is 0 Å². The molecule has 0 aliphatic carbocycles. The Morgan fingerprint density at radius 3 is 1.66 bits per heavy atom. The Bertz CT molecular complexity index is 4220. The summed E-state index contributed by atoms with van der Waals surface area (Å²) in [5.41, 5.74) is 0.171. The van der Waals surface area contributed by atoms with Crippen LogP contribution in [0, 0.1) is 0 Å². The quantitative estimate of drug-likeness (QED) is 0.167. The van der Waals surface area contributed by atoms with Crippen molar-refractivity contribution in [2.24, 2.45) is 0 Å². The van der Waals surface area contributed by atoms with Crippen LogP contribution in [0.4, 0.5) is 0 Å². The third kappa shape index (κ3) is 4.64. The van der Waals surface area contributed by atoms with Gasteiger partial charge in [-0.2, -0.15) is 0 Å². The van der Waals surface area contributed by atoms with Crippen LogP contribution in [-0.2, 0) is 0 Å². The van der Waals surface area contributed by atoms with Crippen LogP contribution in [0.15, 0.2) is 198 Å². The van der Waals surface area contributed by atoms with E-state index in [0.717, 1.165) is 27.3 Å². The summed E-state index contributed by atoms with van der Waals surface area (Å²) in [6.45, 7) is 0. The fourth-order valence-electron chi connectivity index (χ4n) is 7.36. The molecule has 0 aliphatic rings. The highest BCUT2D eigenvalue weighted by Crippen LogP contribution is 2.45. The van der Waals surface area contributed by atoms with Crippen molar-refractivity contribution in [3.05, 3.63) is 194 Å². The van der Waals surface area contributed by atoms with E-state index in [2.05, 4.69) is 0 Å². The van der Waals surface area contributed by atoms with Gasteiger partial charge in [-0.25, -0.2) is 0 Å². The molecule has 0 aliphatic heterocycles. The lowest BCUT2D eigenvalue weighted by Crippen LogP contribution is -1.90. The summed E-state index contributed by atoms with van der Waals surface area (Å²) in [4.78, 5) is 0. The Kier molecular flexibility index (Phi) is 3.69. The standard InChI is InChI=1S/C52H32O/c1-2-14-34(15-3-1)49-43-18-6-8-20-45(43)50(46-21-9-7-19-44(46)49)38-30-28-35-31-37(29-27-36(35)32-38)40-22-11-25-47-51-42(24-12-26-48(51)53-52(40)47)41-23-10-16-33-13-4-5-17-39(33)41/h1-32H/i1D,2D,3D,6D,7D,8D,9D,14D,15D,18D,19D,20D,21D,27D,28D,29D,30D,31D,32D. The van der Waals surface area contributed by atoms with E-state index in [1.807, 2.05) is 60.7 Å². The van der Waals surface area contributed by atoms with Crippen molar-refractivity contribution >= 4 is 65.0 Å². The molecule has 0 unspecified atom stereocenters. The van der Waals surface area contributed by atoms with Crippen LogP contribution in [0.3, 0.4) is 0 Å². The first-order chi connectivity index (χ1) is 34.2. The molecule has 1 aromatic heterocycles. The lowest BCUT2D eigenvalue weighted by molar-refractivity contribution is 0.670. The van der Waals surface area contributed by atoms with E-state index in [4.69, 9.17) is 16.8 Å². The second-order valence-electron chi connectivity index (χ2n) is 12.5. The van der Waals surface area contributed by atoms with Gasteiger partial charge in [0.2, 0.25) is 0 Å². The zero-order chi connectivity index (χ0) is 51.4. The number of rotatable bonds is 4. The van der Waals surface area contributed by atoms with Crippen molar-refractivity contribution in [2.45, 2.75) is 0 Å². The number of hydrogen-bond donors (Lipinski definition) is 0. The van der Waals surface area contributed by atoms with Crippen LogP contribution in [-0.4, -0.2) is 0 Å². The molecule has 0 saturated heterocycles. The van der Waals surface area contributed by atoms with Crippen molar-refractivity contribution in [1.29, 1.82) is 0 Å². The van der Waals surface area contributed by atoms with Gasteiger partial charge in [0.15, 0.2) is 0 Å². The molecule has 0 atom stereocenters. The highest BCUT2D eigenvalue weighted by atomic mass is 16.3. The fraction of sp³-hybridized carbons (Fsp3) is 0. The average Bonchev–Trinajstić information content (AvgIpc) is 3.77. The number of benzene rings is 10. The van der Waals surface area contributed by atoms with Gasteiger partial charge in [-0.15, -0.1) is 0 Å². The van der Waals surface area contributed by atoms with Crippen molar-refractivity contribution in [3.63, 3.8) is 0 Å². The van der Waals surface area contributed by atoms with E-state index >= 15 is 0 Å². The second-order valence-corrected chi connectivity index (χ2v) is 12.5. The molecule has 1 heteroatoms. The molecular formula is C52H32O. The van der Waals surface area contributed by atoms with Crippen LogP contribution in [0.5, 0.6) is 0 Å². The molecule has 0 saturated carbocycles. The maximum absolute atomic E-state index is 9.82. The SMILES string of the molecule is [2H]c1c([2H])c([2H])c(-c2c3c([2H])c([2H])c([2H])c([2H])c3c(-c3c([2H])c([2H])c4c([2H])c(-c5cccc6c5oc5cccc(-c7cccc8ccccc78)c56)c([2H])c([2H])c4c3[2H])c3c([2H])c([2H])c([2H])c([2H])c23)c([2H])c1[2H]. The van der Waals surface area contributed by atoms with Gasteiger partial charge in [0.25, 0.3) is 0 Å². The summed E-state index contributed by atoms with van der Waals surface area (Å²) in [6.07, 6.45) is 0. The molecule has 0 bridgehead atoms. The highest BCUT2D eigenvalue weighted by molar-refractivity contribution is 6.22. The monoisotopic (exact) mass is 691 g/mol. The van der Waals surface area contributed by atoms with Gasteiger partial charge < -0.3 is 4.42 Å². The Labute approximate surface area is 333 Å². The maximum Gasteiger partial charge on any atom is 0.143 e. The van der Waals surface area contributed by atoms with Crippen LogP contribution >= 0.6 is 0 Å². The number of hydrogen-bond acceptors (Lipinski definition) is 1. The lowest BCUT2D eigenvalue weighted by atomic mass is 9.85. The molecule has 0 fully saturated rings. The van der Waals surface area contributed by atoms with E-state index in [9.17, 15) is 13.7 Å². The third-order valence-electron chi connectivity index (χ3n) is 9.62. The Morgan fingerprint density at radius 2 is 0.906 bits per heavy atom. The smallest absolute Gasteiger partial charge is 0.143 e. The van der Waals surface area contributed by atoms with Gasteiger partial charge in [-0.1, -0.05) is 176 Å². The minimum atomic E-state index is -0.873.